The Labute approximate surface area is 171 Å². The zero-order chi connectivity index (χ0) is 20.2. The molecule has 1 aliphatic heterocycles. The molecule has 1 amide bonds. The highest BCUT2D eigenvalue weighted by atomic mass is 16.1. The maximum absolute atomic E-state index is 11.2. The molecule has 1 N–H and O–H groups in total. The van der Waals surface area contributed by atoms with Crippen molar-refractivity contribution in [3.63, 3.8) is 0 Å². The summed E-state index contributed by atoms with van der Waals surface area (Å²) in [5, 5.41) is 8.89. The van der Waals surface area contributed by atoms with Crippen LogP contribution in [0.15, 0.2) is 36.5 Å². The fourth-order valence-electron chi connectivity index (χ4n) is 4.17. The van der Waals surface area contributed by atoms with Crippen molar-refractivity contribution in [3.8, 4) is 0 Å². The van der Waals surface area contributed by atoms with Gasteiger partial charge in [-0.05, 0) is 50.6 Å². The summed E-state index contributed by atoms with van der Waals surface area (Å²) in [7, 11) is 0. The first-order valence-corrected chi connectivity index (χ1v) is 10.3. The Morgan fingerprint density at radius 2 is 2.17 bits per heavy atom. The van der Waals surface area contributed by atoms with Gasteiger partial charge in [0.15, 0.2) is 5.65 Å². The van der Waals surface area contributed by atoms with Crippen molar-refractivity contribution in [1.29, 1.82) is 0 Å². The number of carbonyl (C=O) groups excluding carboxylic acids is 1. The Morgan fingerprint density at radius 3 is 3.00 bits per heavy atom. The van der Waals surface area contributed by atoms with E-state index in [1.54, 1.807) is 6.20 Å². The fraction of sp³-hybridized carbons (Fsp3) is 0.455. The molecule has 7 heteroatoms. The van der Waals surface area contributed by atoms with Crippen LogP contribution in [0.5, 0.6) is 0 Å². The van der Waals surface area contributed by atoms with Gasteiger partial charge in [0, 0.05) is 49.8 Å². The van der Waals surface area contributed by atoms with Gasteiger partial charge in [-0.2, -0.15) is 5.10 Å². The van der Waals surface area contributed by atoms with Gasteiger partial charge in [0.25, 0.3) is 0 Å². The number of hydrogen-bond donors (Lipinski definition) is 1. The number of aryl methyl sites for hydroxylation is 1. The summed E-state index contributed by atoms with van der Waals surface area (Å²) in [6.07, 6.45) is 4.08. The molecule has 29 heavy (non-hydrogen) atoms. The molecule has 1 atom stereocenters. The van der Waals surface area contributed by atoms with Crippen LogP contribution in [0, 0.1) is 6.92 Å². The third-order valence-corrected chi connectivity index (χ3v) is 5.46. The highest BCUT2D eigenvalue weighted by Crippen LogP contribution is 2.31. The van der Waals surface area contributed by atoms with E-state index < -0.39 is 0 Å². The Morgan fingerprint density at radius 1 is 1.28 bits per heavy atom. The molecule has 3 aromatic rings. The zero-order valence-corrected chi connectivity index (χ0v) is 17.1. The van der Waals surface area contributed by atoms with Crippen molar-refractivity contribution in [2.45, 2.75) is 45.7 Å². The van der Waals surface area contributed by atoms with Crippen LogP contribution in [-0.2, 0) is 17.9 Å². The second kappa shape index (κ2) is 8.69. The van der Waals surface area contributed by atoms with E-state index in [-0.39, 0.29) is 5.91 Å². The Bertz CT molecular complexity index is 998. The molecule has 0 aliphatic carbocycles. The third-order valence-electron chi connectivity index (χ3n) is 5.46. The molecule has 0 aromatic carbocycles. The Kier molecular flexibility index (Phi) is 5.85. The summed E-state index contributed by atoms with van der Waals surface area (Å²) in [6.45, 7) is 7.68. The van der Waals surface area contributed by atoms with Crippen LogP contribution in [0.1, 0.15) is 42.8 Å². The predicted octanol–water partition coefficient (Wildman–Crippen LogP) is 2.65. The lowest BCUT2D eigenvalue weighted by Crippen LogP contribution is -2.34. The van der Waals surface area contributed by atoms with Crippen LogP contribution in [0.3, 0.4) is 0 Å². The molecule has 1 saturated heterocycles. The maximum atomic E-state index is 11.2. The molecule has 0 bridgehead atoms. The zero-order valence-electron chi connectivity index (χ0n) is 17.1. The van der Waals surface area contributed by atoms with E-state index in [1.165, 1.54) is 6.92 Å². The van der Waals surface area contributed by atoms with Gasteiger partial charge in [-0.25, -0.2) is 9.67 Å². The number of likely N-dealkylation sites (tertiary alicyclic amines) is 1. The average Bonchev–Trinajstić information content (AvgIpc) is 3.07. The van der Waals surface area contributed by atoms with Crippen LogP contribution < -0.4 is 5.32 Å². The van der Waals surface area contributed by atoms with Crippen molar-refractivity contribution < 1.29 is 4.79 Å². The summed E-state index contributed by atoms with van der Waals surface area (Å²) in [4.78, 5) is 22.9. The molecule has 4 rings (SSSR count). The smallest absolute Gasteiger partial charge is 0.216 e. The minimum absolute atomic E-state index is 0.0256. The molecule has 0 unspecified atom stereocenters. The SMILES string of the molecule is CC(=O)NCCn1nc([C@H]2CCCN(Cc3cccc(C)n3)C2)c2cccnc21. The van der Waals surface area contributed by atoms with E-state index in [0.717, 1.165) is 60.6 Å². The van der Waals surface area contributed by atoms with E-state index in [9.17, 15) is 4.79 Å². The summed E-state index contributed by atoms with van der Waals surface area (Å²) in [5.74, 6) is 0.351. The lowest BCUT2D eigenvalue weighted by molar-refractivity contribution is -0.118. The molecule has 0 spiro atoms. The second-order valence-corrected chi connectivity index (χ2v) is 7.81. The molecular formula is C22H28N6O. The van der Waals surface area contributed by atoms with Crippen LogP contribution in [0.25, 0.3) is 11.0 Å². The Balaban J connectivity index is 1.53. The fourth-order valence-corrected chi connectivity index (χ4v) is 4.17. The molecule has 3 aromatic heterocycles. The van der Waals surface area contributed by atoms with Gasteiger partial charge in [0.1, 0.15) is 0 Å². The van der Waals surface area contributed by atoms with Gasteiger partial charge >= 0.3 is 0 Å². The van der Waals surface area contributed by atoms with Gasteiger partial charge in [0.05, 0.1) is 17.9 Å². The Hall–Kier alpha value is -2.80. The third kappa shape index (κ3) is 4.62. The first-order valence-electron chi connectivity index (χ1n) is 10.3. The van der Waals surface area contributed by atoms with Crippen LogP contribution >= 0.6 is 0 Å². The molecule has 7 nitrogen and oxygen atoms in total. The maximum Gasteiger partial charge on any atom is 0.216 e. The average molecular weight is 393 g/mol. The highest BCUT2D eigenvalue weighted by Gasteiger charge is 2.26. The molecule has 0 saturated carbocycles. The van der Waals surface area contributed by atoms with E-state index in [1.807, 2.05) is 23.7 Å². The summed E-state index contributed by atoms with van der Waals surface area (Å²) in [6, 6.07) is 10.3. The van der Waals surface area contributed by atoms with E-state index in [0.29, 0.717) is 19.0 Å². The van der Waals surface area contributed by atoms with Gasteiger partial charge in [-0.15, -0.1) is 0 Å². The molecule has 1 aliphatic rings. The van der Waals surface area contributed by atoms with Crippen LogP contribution in [0.2, 0.25) is 0 Å². The van der Waals surface area contributed by atoms with E-state index >= 15 is 0 Å². The van der Waals surface area contributed by atoms with Crippen molar-refractivity contribution in [2.24, 2.45) is 0 Å². The van der Waals surface area contributed by atoms with Gasteiger partial charge in [-0.1, -0.05) is 6.07 Å². The molecule has 152 valence electrons. The summed E-state index contributed by atoms with van der Waals surface area (Å²) in [5.41, 5.74) is 4.20. The number of fused-ring (bicyclic) bond motifs is 1. The van der Waals surface area contributed by atoms with E-state index in [2.05, 4.69) is 38.4 Å². The molecule has 4 heterocycles. The number of carbonyl (C=O) groups is 1. The van der Waals surface area contributed by atoms with Crippen molar-refractivity contribution in [1.82, 2.24) is 30.0 Å². The minimum Gasteiger partial charge on any atom is -0.354 e. The van der Waals surface area contributed by atoms with Gasteiger partial charge in [-0.3, -0.25) is 14.7 Å². The number of piperidine rings is 1. The molecular weight excluding hydrogens is 364 g/mol. The van der Waals surface area contributed by atoms with Crippen molar-refractivity contribution in [2.75, 3.05) is 19.6 Å². The van der Waals surface area contributed by atoms with E-state index in [4.69, 9.17) is 5.10 Å². The normalized spacial score (nSPS) is 17.5. The second-order valence-electron chi connectivity index (χ2n) is 7.81. The lowest BCUT2D eigenvalue weighted by atomic mass is 9.93. The largest absolute Gasteiger partial charge is 0.354 e. The van der Waals surface area contributed by atoms with Crippen molar-refractivity contribution >= 4 is 16.9 Å². The lowest BCUT2D eigenvalue weighted by Gasteiger charge is -2.31. The van der Waals surface area contributed by atoms with Gasteiger partial charge in [0.2, 0.25) is 5.91 Å². The first-order chi connectivity index (χ1) is 14.1. The number of hydrogen-bond acceptors (Lipinski definition) is 5. The number of rotatable bonds is 6. The topological polar surface area (TPSA) is 75.9 Å². The van der Waals surface area contributed by atoms with Crippen LogP contribution in [0.4, 0.5) is 0 Å². The molecule has 0 radical (unpaired) electrons. The standard InChI is InChI=1S/C22H28N6O/c1-16-6-3-8-19(25-16)15-27-12-5-7-18(14-27)21-20-9-4-10-24-22(20)28(26-21)13-11-23-17(2)29/h3-4,6,8-10,18H,5,7,11-15H2,1-2H3,(H,23,29)/t18-/m0/s1. The predicted molar refractivity (Wildman–Crippen MR) is 112 cm³/mol. The monoisotopic (exact) mass is 392 g/mol. The number of pyridine rings is 2. The summed E-state index contributed by atoms with van der Waals surface area (Å²) >= 11 is 0. The number of aromatic nitrogens is 4. The van der Waals surface area contributed by atoms with Crippen LogP contribution in [-0.4, -0.2) is 50.2 Å². The van der Waals surface area contributed by atoms with Gasteiger partial charge < -0.3 is 5.32 Å². The summed E-state index contributed by atoms with van der Waals surface area (Å²) < 4.78 is 1.93. The minimum atomic E-state index is -0.0256. The first kappa shape index (κ1) is 19.5. The van der Waals surface area contributed by atoms with Crippen molar-refractivity contribution in [3.05, 3.63) is 53.6 Å². The molecule has 1 fully saturated rings. The quantitative estimate of drug-likeness (QED) is 0.698. The highest BCUT2D eigenvalue weighted by molar-refractivity contribution is 5.79. The number of nitrogens with zero attached hydrogens (tertiary/aromatic N) is 5. The number of amides is 1. The number of nitrogens with one attached hydrogen (secondary N) is 1.